The van der Waals surface area contributed by atoms with Gasteiger partial charge in [0.25, 0.3) is 0 Å². The van der Waals surface area contributed by atoms with Crippen molar-refractivity contribution in [2.45, 2.75) is 45.6 Å². The van der Waals surface area contributed by atoms with Crippen LogP contribution < -0.4 is 10.5 Å². The van der Waals surface area contributed by atoms with Crippen LogP contribution in [-0.4, -0.2) is 14.5 Å². The van der Waals surface area contributed by atoms with Gasteiger partial charge >= 0.3 is 0 Å². The molecule has 6 heteroatoms. The van der Waals surface area contributed by atoms with Gasteiger partial charge in [-0.25, -0.2) is 17.5 Å². The third kappa shape index (κ3) is 3.67. The molecule has 1 aromatic carbocycles. The van der Waals surface area contributed by atoms with Gasteiger partial charge in [-0.1, -0.05) is 20.8 Å². The van der Waals surface area contributed by atoms with Gasteiger partial charge in [0, 0.05) is 6.04 Å². The van der Waals surface area contributed by atoms with Crippen molar-refractivity contribution >= 4 is 15.7 Å². The number of sulfonamides is 1. The number of aryl methyl sites for hydroxylation is 1. The molecule has 0 saturated heterocycles. The van der Waals surface area contributed by atoms with E-state index in [-0.39, 0.29) is 27.6 Å². The lowest BCUT2D eigenvalue weighted by molar-refractivity contribution is 0.317. The molecule has 1 aromatic rings. The van der Waals surface area contributed by atoms with Gasteiger partial charge < -0.3 is 5.73 Å². The van der Waals surface area contributed by atoms with Crippen LogP contribution in [0.5, 0.6) is 0 Å². The van der Waals surface area contributed by atoms with E-state index in [2.05, 4.69) is 4.72 Å². The van der Waals surface area contributed by atoms with Crippen LogP contribution >= 0.6 is 0 Å². The molecule has 0 amide bonds. The van der Waals surface area contributed by atoms with Gasteiger partial charge in [-0.3, -0.25) is 0 Å². The molecule has 1 rings (SSSR count). The SMILES string of the molecule is Cc1cc(S(=O)(=O)NC(C)C(C)(C)C)cc(N)c1F. The molecule has 0 radical (unpaired) electrons. The summed E-state index contributed by atoms with van der Waals surface area (Å²) in [5, 5.41) is 0. The third-order valence-electron chi connectivity index (χ3n) is 3.20. The van der Waals surface area contributed by atoms with Crippen molar-refractivity contribution in [3.8, 4) is 0 Å². The summed E-state index contributed by atoms with van der Waals surface area (Å²) in [6.07, 6.45) is 0. The highest BCUT2D eigenvalue weighted by Gasteiger charge is 2.26. The predicted octanol–water partition coefficient (Wildman–Crippen LogP) is 2.43. The van der Waals surface area contributed by atoms with Crippen LogP contribution in [0.3, 0.4) is 0 Å². The van der Waals surface area contributed by atoms with Crippen LogP contribution in [0, 0.1) is 18.2 Å². The fourth-order valence-corrected chi connectivity index (χ4v) is 2.96. The van der Waals surface area contributed by atoms with E-state index in [1.54, 1.807) is 6.92 Å². The highest BCUT2D eigenvalue weighted by Crippen LogP contribution is 2.24. The lowest BCUT2D eigenvalue weighted by atomic mass is 9.89. The number of nitrogens with one attached hydrogen (secondary N) is 1. The van der Waals surface area contributed by atoms with Gasteiger partial charge in [0.15, 0.2) is 0 Å². The molecule has 1 atom stereocenters. The number of hydrogen-bond acceptors (Lipinski definition) is 3. The zero-order chi connectivity index (χ0) is 15.0. The summed E-state index contributed by atoms with van der Waals surface area (Å²) < 4.78 is 40.4. The summed E-state index contributed by atoms with van der Waals surface area (Å²) in [5.74, 6) is -0.581. The van der Waals surface area contributed by atoms with Crippen molar-refractivity contribution in [2.24, 2.45) is 5.41 Å². The minimum absolute atomic E-state index is 0.0139. The molecule has 0 aromatic heterocycles. The topological polar surface area (TPSA) is 72.2 Å². The van der Waals surface area contributed by atoms with E-state index in [1.807, 2.05) is 20.8 Å². The Balaban J connectivity index is 3.15. The van der Waals surface area contributed by atoms with Gasteiger partial charge in [-0.15, -0.1) is 0 Å². The molecule has 0 spiro atoms. The second-order valence-corrected chi connectivity index (χ2v) is 7.57. The van der Waals surface area contributed by atoms with E-state index in [4.69, 9.17) is 5.73 Å². The van der Waals surface area contributed by atoms with Crippen LogP contribution in [-0.2, 0) is 10.0 Å². The van der Waals surface area contributed by atoms with Crippen LogP contribution in [0.4, 0.5) is 10.1 Å². The van der Waals surface area contributed by atoms with Crippen molar-refractivity contribution in [2.75, 3.05) is 5.73 Å². The van der Waals surface area contributed by atoms with Gasteiger partial charge in [-0.2, -0.15) is 0 Å². The first kappa shape index (κ1) is 15.9. The Morgan fingerprint density at radius 3 is 2.26 bits per heavy atom. The molecule has 0 fully saturated rings. The van der Waals surface area contributed by atoms with Crippen LogP contribution in [0.15, 0.2) is 17.0 Å². The Morgan fingerprint density at radius 1 is 1.32 bits per heavy atom. The van der Waals surface area contributed by atoms with E-state index < -0.39 is 15.8 Å². The fourth-order valence-electron chi connectivity index (χ4n) is 1.40. The average Bonchev–Trinajstić information content (AvgIpc) is 2.23. The molecule has 108 valence electrons. The number of halogens is 1. The molecule has 0 aliphatic rings. The molecule has 1 unspecified atom stereocenters. The fraction of sp³-hybridized carbons (Fsp3) is 0.538. The first-order valence-electron chi connectivity index (χ1n) is 6.03. The summed E-state index contributed by atoms with van der Waals surface area (Å²) in [6.45, 7) is 9.08. The molecule has 0 heterocycles. The molecular weight excluding hydrogens is 267 g/mol. The van der Waals surface area contributed by atoms with E-state index in [9.17, 15) is 12.8 Å². The largest absolute Gasteiger partial charge is 0.396 e. The highest BCUT2D eigenvalue weighted by molar-refractivity contribution is 7.89. The third-order valence-corrected chi connectivity index (χ3v) is 4.72. The lowest BCUT2D eigenvalue weighted by Gasteiger charge is -2.27. The maximum atomic E-state index is 13.4. The zero-order valence-corrected chi connectivity index (χ0v) is 12.7. The Bertz CT molecular complexity index is 554. The van der Waals surface area contributed by atoms with Crippen molar-refractivity contribution in [1.29, 1.82) is 0 Å². The summed E-state index contributed by atoms with van der Waals surface area (Å²) in [5.41, 5.74) is 5.30. The van der Waals surface area contributed by atoms with E-state index in [0.29, 0.717) is 0 Å². The average molecular weight is 288 g/mol. The quantitative estimate of drug-likeness (QED) is 0.839. The van der Waals surface area contributed by atoms with E-state index in [1.165, 1.54) is 13.0 Å². The summed E-state index contributed by atoms with van der Waals surface area (Å²) in [6, 6.07) is 2.16. The second-order valence-electron chi connectivity index (χ2n) is 5.85. The number of nitrogens with two attached hydrogens (primary N) is 1. The summed E-state index contributed by atoms with van der Waals surface area (Å²) in [4.78, 5) is -0.0139. The summed E-state index contributed by atoms with van der Waals surface area (Å²) >= 11 is 0. The summed E-state index contributed by atoms with van der Waals surface area (Å²) in [7, 11) is -3.70. The highest BCUT2D eigenvalue weighted by atomic mass is 32.2. The first-order valence-corrected chi connectivity index (χ1v) is 7.51. The van der Waals surface area contributed by atoms with Crippen molar-refractivity contribution < 1.29 is 12.8 Å². The van der Waals surface area contributed by atoms with E-state index in [0.717, 1.165) is 6.07 Å². The zero-order valence-electron chi connectivity index (χ0n) is 11.9. The Morgan fingerprint density at radius 2 is 1.84 bits per heavy atom. The molecule has 0 bridgehead atoms. The Kier molecular flexibility index (Phi) is 4.27. The molecular formula is C13H21FN2O2S. The normalized spacial score (nSPS) is 14.4. The van der Waals surface area contributed by atoms with Gasteiger partial charge in [0.2, 0.25) is 10.0 Å². The number of benzene rings is 1. The Labute approximate surface area is 114 Å². The van der Waals surface area contributed by atoms with Gasteiger partial charge in [0.1, 0.15) is 5.82 Å². The molecule has 0 aliphatic carbocycles. The smallest absolute Gasteiger partial charge is 0.240 e. The Hall–Kier alpha value is -1.14. The lowest BCUT2D eigenvalue weighted by Crippen LogP contribution is -2.41. The molecule has 0 saturated carbocycles. The standard InChI is InChI=1S/C13H21FN2O2S/c1-8-6-10(7-11(15)12(8)14)19(17,18)16-9(2)13(3,4)5/h6-7,9,16H,15H2,1-5H3. The molecule has 19 heavy (non-hydrogen) atoms. The molecule has 0 aliphatic heterocycles. The maximum absolute atomic E-state index is 13.4. The van der Waals surface area contributed by atoms with Crippen molar-refractivity contribution in [3.05, 3.63) is 23.5 Å². The van der Waals surface area contributed by atoms with Gasteiger partial charge in [-0.05, 0) is 37.0 Å². The molecule has 3 N–H and O–H groups in total. The monoisotopic (exact) mass is 288 g/mol. The van der Waals surface area contributed by atoms with Crippen molar-refractivity contribution in [1.82, 2.24) is 4.72 Å². The molecule has 4 nitrogen and oxygen atoms in total. The van der Waals surface area contributed by atoms with Gasteiger partial charge in [0.05, 0.1) is 10.6 Å². The van der Waals surface area contributed by atoms with E-state index >= 15 is 0 Å². The van der Waals surface area contributed by atoms with Crippen LogP contribution in [0.25, 0.3) is 0 Å². The number of rotatable bonds is 3. The minimum Gasteiger partial charge on any atom is -0.396 e. The maximum Gasteiger partial charge on any atom is 0.240 e. The minimum atomic E-state index is -3.70. The van der Waals surface area contributed by atoms with Crippen LogP contribution in [0.1, 0.15) is 33.3 Å². The number of hydrogen-bond donors (Lipinski definition) is 2. The number of anilines is 1. The van der Waals surface area contributed by atoms with Crippen molar-refractivity contribution in [3.63, 3.8) is 0 Å². The second kappa shape index (κ2) is 5.09. The number of nitrogen functional groups attached to an aromatic ring is 1. The predicted molar refractivity (Wildman–Crippen MR) is 74.8 cm³/mol. The first-order chi connectivity index (χ1) is 8.45. The van der Waals surface area contributed by atoms with Crippen LogP contribution in [0.2, 0.25) is 0 Å².